The number of rotatable bonds is 10. The fourth-order valence-electron chi connectivity index (χ4n) is 5.82. The summed E-state index contributed by atoms with van der Waals surface area (Å²) in [5, 5.41) is 4.83. The average Bonchev–Trinajstić information content (AvgIpc) is 3.34. The lowest BCUT2D eigenvalue weighted by atomic mass is 9.80. The van der Waals surface area contributed by atoms with Crippen LogP contribution < -0.4 is 5.32 Å². The number of carbonyl (C=O) groups is 3. The second kappa shape index (κ2) is 14.0. The van der Waals surface area contributed by atoms with Gasteiger partial charge in [0.05, 0.1) is 30.6 Å². The first kappa shape index (κ1) is 33.9. The Balaban J connectivity index is 1.89. The van der Waals surface area contributed by atoms with Crippen molar-refractivity contribution >= 4 is 38.8 Å². The molecular formula is C34H42N2O8S. The van der Waals surface area contributed by atoms with Gasteiger partial charge in [0.25, 0.3) is 0 Å². The molecule has 3 aromatic carbocycles. The van der Waals surface area contributed by atoms with E-state index in [0.717, 1.165) is 20.6 Å². The molecule has 242 valence electrons. The standard InChI is InChI=1S/C34H42N2O8S/c1-7-42-29(37)20-27-28(21-36(31(27)32(38)43-8-2)45(40,41)26-17-13-22(3)14-18-26)30(35-33(39)44-34(4,5)6)25-16-15-23-11-9-10-12-24(23)19-25/h9-19,27-28,30-31H,7-8,20-21H2,1-6H3,(H,35,39)/t27-,28+,30?,31+/m1/s1. The van der Waals surface area contributed by atoms with Crippen molar-refractivity contribution < 1.29 is 37.0 Å². The molecule has 1 saturated heterocycles. The third-order valence-corrected chi connectivity index (χ3v) is 9.61. The molecule has 4 atom stereocenters. The van der Waals surface area contributed by atoms with Gasteiger partial charge in [-0.15, -0.1) is 0 Å². The fraction of sp³-hybridized carbons (Fsp3) is 0.441. The van der Waals surface area contributed by atoms with Gasteiger partial charge in [-0.05, 0) is 76.1 Å². The van der Waals surface area contributed by atoms with Crippen LogP contribution in [0.5, 0.6) is 0 Å². The Labute approximate surface area is 265 Å². The van der Waals surface area contributed by atoms with Crippen molar-refractivity contribution in [2.45, 2.75) is 70.5 Å². The van der Waals surface area contributed by atoms with E-state index in [1.165, 1.54) is 12.1 Å². The molecule has 1 N–H and O–H groups in total. The van der Waals surface area contributed by atoms with Gasteiger partial charge in [0, 0.05) is 18.4 Å². The van der Waals surface area contributed by atoms with E-state index in [1.54, 1.807) is 46.8 Å². The number of hydrogen-bond acceptors (Lipinski definition) is 8. The van der Waals surface area contributed by atoms with Crippen LogP contribution in [0, 0.1) is 18.8 Å². The molecular weight excluding hydrogens is 596 g/mol. The number of ether oxygens (including phenoxy) is 3. The van der Waals surface area contributed by atoms with Crippen LogP contribution in [0.4, 0.5) is 4.79 Å². The maximum Gasteiger partial charge on any atom is 0.408 e. The second-order valence-electron chi connectivity index (χ2n) is 12.2. The monoisotopic (exact) mass is 638 g/mol. The Bertz CT molecular complexity index is 1630. The molecule has 0 bridgehead atoms. The zero-order chi connectivity index (χ0) is 32.9. The van der Waals surface area contributed by atoms with E-state index in [0.29, 0.717) is 5.56 Å². The molecule has 1 aliphatic heterocycles. The Kier molecular flexibility index (Phi) is 10.5. The van der Waals surface area contributed by atoms with Gasteiger partial charge in [0.15, 0.2) is 0 Å². The van der Waals surface area contributed by atoms with Gasteiger partial charge in [-0.1, -0.05) is 54.1 Å². The van der Waals surface area contributed by atoms with Crippen LogP contribution >= 0.6 is 0 Å². The number of amides is 1. The molecule has 0 radical (unpaired) electrons. The molecule has 1 fully saturated rings. The van der Waals surface area contributed by atoms with Gasteiger partial charge >= 0.3 is 18.0 Å². The summed E-state index contributed by atoms with van der Waals surface area (Å²) in [6, 6.07) is 17.5. The summed E-state index contributed by atoms with van der Waals surface area (Å²) in [5.74, 6) is -3.03. The van der Waals surface area contributed by atoms with Gasteiger partial charge in [0.1, 0.15) is 11.6 Å². The van der Waals surface area contributed by atoms with Crippen LogP contribution in [0.3, 0.4) is 0 Å². The van der Waals surface area contributed by atoms with E-state index in [-0.39, 0.29) is 31.1 Å². The quantitative estimate of drug-likeness (QED) is 0.227. The van der Waals surface area contributed by atoms with Gasteiger partial charge in [-0.3, -0.25) is 9.59 Å². The van der Waals surface area contributed by atoms with Crippen LogP contribution in [0.15, 0.2) is 71.6 Å². The fourth-order valence-corrected chi connectivity index (χ4v) is 7.48. The number of hydrogen-bond donors (Lipinski definition) is 1. The van der Waals surface area contributed by atoms with E-state index >= 15 is 0 Å². The number of nitrogens with zero attached hydrogens (tertiary/aromatic N) is 1. The largest absolute Gasteiger partial charge is 0.466 e. The molecule has 11 heteroatoms. The molecule has 1 heterocycles. The first-order valence-electron chi connectivity index (χ1n) is 15.1. The predicted molar refractivity (Wildman–Crippen MR) is 170 cm³/mol. The molecule has 4 rings (SSSR count). The van der Waals surface area contributed by atoms with Crippen molar-refractivity contribution in [3.05, 3.63) is 77.9 Å². The lowest BCUT2D eigenvalue weighted by Crippen LogP contribution is -2.45. The van der Waals surface area contributed by atoms with Gasteiger partial charge in [-0.25, -0.2) is 13.2 Å². The highest BCUT2D eigenvalue weighted by molar-refractivity contribution is 7.89. The van der Waals surface area contributed by atoms with Crippen molar-refractivity contribution in [1.29, 1.82) is 0 Å². The van der Waals surface area contributed by atoms with Crippen LogP contribution in [-0.4, -0.2) is 62.2 Å². The molecule has 1 aliphatic rings. The molecule has 0 aliphatic carbocycles. The molecule has 3 aromatic rings. The molecule has 1 amide bonds. The summed E-state index contributed by atoms with van der Waals surface area (Å²) in [6.45, 7) is 10.3. The zero-order valence-electron chi connectivity index (χ0n) is 26.6. The normalized spacial score (nSPS) is 19.6. The highest BCUT2D eigenvalue weighted by Crippen LogP contribution is 2.44. The Hall–Kier alpha value is -3.96. The van der Waals surface area contributed by atoms with E-state index in [2.05, 4.69) is 5.32 Å². The summed E-state index contributed by atoms with van der Waals surface area (Å²) < 4.78 is 45.8. The lowest BCUT2D eigenvalue weighted by molar-refractivity contribution is -0.150. The summed E-state index contributed by atoms with van der Waals surface area (Å²) in [5.41, 5.74) is 0.718. The third kappa shape index (κ3) is 8.01. The first-order valence-corrected chi connectivity index (χ1v) is 16.6. The molecule has 0 saturated carbocycles. The topological polar surface area (TPSA) is 128 Å². The lowest BCUT2D eigenvalue weighted by Gasteiger charge is -2.31. The number of alkyl carbamates (subject to hydrolysis) is 1. The van der Waals surface area contributed by atoms with E-state index in [4.69, 9.17) is 14.2 Å². The SMILES string of the molecule is CCOC(=O)C[C@@H]1[C@@H](C(NC(=O)OC(C)(C)C)c2ccc3ccccc3c2)CN(S(=O)(=O)c2ccc(C)cc2)[C@@H]1C(=O)OCC. The highest BCUT2D eigenvalue weighted by Gasteiger charge is 2.55. The van der Waals surface area contributed by atoms with Crippen molar-refractivity contribution in [3.8, 4) is 0 Å². The minimum Gasteiger partial charge on any atom is -0.466 e. The zero-order valence-corrected chi connectivity index (χ0v) is 27.4. The highest BCUT2D eigenvalue weighted by atomic mass is 32.2. The summed E-state index contributed by atoms with van der Waals surface area (Å²) in [7, 11) is -4.25. The van der Waals surface area contributed by atoms with Crippen LogP contribution in [0.2, 0.25) is 0 Å². The first-order chi connectivity index (χ1) is 21.2. The van der Waals surface area contributed by atoms with Gasteiger partial charge in [0.2, 0.25) is 10.0 Å². The van der Waals surface area contributed by atoms with Crippen molar-refractivity contribution in [1.82, 2.24) is 9.62 Å². The van der Waals surface area contributed by atoms with Gasteiger partial charge < -0.3 is 19.5 Å². The molecule has 10 nitrogen and oxygen atoms in total. The van der Waals surface area contributed by atoms with Crippen molar-refractivity contribution in [3.63, 3.8) is 0 Å². The Morgan fingerprint density at radius 1 is 0.933 bits per heavy atom. The average molecular weight is 639 g/mol. The number of carbonyl (C=O) groups excluding carboxylic acids is 3. The predicted octanol–water partition coefficient (Wildman–Crippen LogP) is 5.54. The number of fused-ring (bicyclic) bond motifs is 1. The van der Waals surface area contributed by atoms with Crippen molar-refractivity contribution in [2.75, 3.05) is 19.8 Å². The molecule has 0 aromatic heterocycles. The number of nitrogens with one attached hydrogen (secondary N) is 1. The molecule has 0 spiro atoms. The van der Waals surface area contributed by atoms with Crippen LogP contribution in [0.25, 0.3) is 10.8 Å². The minimum absolute atomic E-state index is 0.000268. The van der Waals surface area contributed by atoms with Crippen molar-refractivity contribution in [2.24, 2.45) is 11.8 Å². The summed E-state index contributed by atoms with van der Waals surface area (Å²) in [4.78, 5) is 40.0. The maximum atomic E-state index is 14.2. The summed E-state index contributed by atoms with van der Waals surface area (Å²) in [6.07, 6.45) is -0.995. The minimum atomic E-state index is -4.25. The number of benzene rings is 3. The number of esters is 2. The van der Waals surface area contributed by atoms with Gasteiger partial charge in [-0.2, -0.15) is 4.31 Å². The summed E-state index contributed by atoms with van der Waals surface area (Å²) >= 11 is 0. The maximum absolute atomic E-state index is 14.2. The third-order valence-electron chi connectivity index (χ3n) is 7.75. The van der Waals surface area contributed by atoms with E-state index in [1.807, 2.05) is 49.4 Å². The number of sulfonamides is 1. The second-order valence-corrected chi connectivity index (χ2v) is 14.0. The van der Waals surface area contributed by atoms with E-state index in [9.17, 15) is 22.8 Å². The van der Waals surface area contributed by atoms with Crippen LogP contribution in [0.1, 0.15) is 58.2 Å². The van der Waals surface area contributed by atoms with Crippen LogP contribution in [-0.2, 0) is 33.8 Å². The van der Waals surface area contributed by atoms with E-state index < -0.39 is 57.6 Å². The molecule has 1 unspecified atom stereocenters. The number of aryl methyl sites for hydroxylation is 1. The smallest absolute Gasteiger partial charge is 0.408 e. The Morgan fingerprint density at radius 2 is 1.58 bits per heavy atom. The molecule has 45 heavy (non-hydrogen) atoms. The Morgan fingerprint density at radius 3 is 2.20 bits per heavy atom.